The zero-order valence-corrected chi connectivity index (χ0v) is 12.3. The van der Waals surface area contributed by atoms with Crippen molar-refractivity contribution in [2.24, 2.45) is 0 Å². The second-order valence-electron chi connectivity index (χ2n) is 5.64. The molecule has 0 radical (unpaired) electrons. The normalized spacial score (nSPS) is 11.9. The van der Waals surface area contributed by atoms with Crippen LogP contribution < -0.4 is 0 Å². The largest absolute Gasteiger partial charge is 0.253 e. The van der Waals surface area contributed by atoms with Crippen molar-refractivity contribution in [1.82, 2.24) is 19.9 Å². The van der Waals surface area contributed by atoms with Crippen LogP contribution in [0.3, 0.4) is 0 Å². The highest BCUT2D eigenvalue weighted by atomic mass is 14.8. The maximum absolute atomic E-state index is 4.57. The van der Waals surface area contributed by atoms with Crippen LogP contribution in [0.5, 0.6) is 0 Å². The van der Waals surface area contributed by atoms with E-state index in [0.29, 0.717) is 11.8 Å². The van der Waals surface area contributed by atoms with E-state index in [1.165, 1.54) is 0 Å². The first-order valence-electron chi connectivity index (χ1n) is 6.98. The van der Waals surface area contributed by atoms with Gasteiger partial charge < -0.3 is 0 Å². The van der Waals surface area contributed by atoms with Gasteiger partial charge in [0.25, 0.3) is 0 Å². The zero-order chi connectivity index (χ0) is 14.3. The zero-order valence-electron chi connectivity index (χ0n) is 12.3. The summed E-state index contributed by atoms with van der Waals surface area (Å²) >= 11 is 0. The minimum atomic E-state index is 0.328. The predicted molar refractivity (Wildman–Crippen MR) is 80.8 cm³/mol. The Bertz CT molecular complexity index is 655. The fourth-order valence-electron chi connectivity index (χ4n) is 2.78. The molecule has 0 saturated heterocycles. The van der Waals surface area contributed by atoms with Gasteiger partial charge in [-0.05, 0) is 11.8 Å². The van der Waals surface area contributed by atoms with E-state index in [9.17, 15) is 0 Å². The van der Waals surface area contributed by atoms with Gasteiger partial charge in [0.15, 0.2) is 0 Å². The lowest BCUT2D eigenvalue weighted by Gasteiger charge is -2.17. The molecule has 102 valence electrons. The molecular weight excluding hydrogens is 248 g/mol. The molecule has 0 unspecified atom stereocenters. The summed E-state index contributed by atoms with van der Waals surface area (Å²) in [6.07, 6.45) is 7.00. The van der Waals surface area contributed by atoms with Crippen molar-refractivity contribution >= 4 is 22.1 Å². The van der Waals surface area contributed by atoms with Crippen molar-refractivity contribution in [1.29, 1.82) is 0 Å². The van der Waals surface area contributed by atoms with Gasteiger partial charge in [-0.1, -0.05) is 27.7 Å². The highest BCUT2D eigenvalue weighted by molar-refractivity contribution is 5.99. The van der Waals surface area contributed by atoms with Gasteiger partial charge in [0.1, 0.15) is 0 Å². The smallest absolute Gasteiger partial charge is 0.0947 e. The molecule has 0 atom stereocenters. The Morgan fingerprint density at radius 3 is 1.00 bits per heavy atom. The van der Waals surface area contributed by atoms with E-state index in [2.05, 4.69) is 47.6 Å². The Hall–Kier alpha value is -2.10. The van der Waals surface area contributed by atoms with Gasteiger partial charge >= 0.3 is 0 Å². The van der Waals surface area contributed by atoms with Crippen LogP contribution in [0.15, 0.2) is 24.8 Å². The average molecular weight is 266 g/mol. The molecule has 0 fully saturated rings. The molecule has 0 N–H and O–H groups in total. The van der Waals surface area contributed by atoms with E-state index in [-0.39, 0.29) is 0 Å². The molecule has 4 nitrogen and oxygen atoms in total. The lowest BCUT2D eigenvalue weighted by molar-refractivity contribution is 0.860. The number of aromatic nitrogens is 4. The van der Waals surface area contributed by atoms with Gasteiger partial charge in [0.05, 0.1) is 22.1 Å². The molecule has 1 aromatic carbocycles. The molecule has 20 heavy (non-hydrogen) atoms. The summed E-state index contributed by atoms with van der Waals surface area (Å²) in [6, 6.07) is 0. The quantitative estimate of drug-likeness (QED) is 0.662. The molecule has 0 aliphatic rings. The van der Waals surface area contributed by atoms with Gasteiger partial charge in [-0.3, -0.25) is 19.9 Å². The maximum Gasteiger partial charge on any atom is 0.0947 e. The number of hydrogen-bond acceptors (Lipinski definition) is 4. The summed E-state index contributed by atoms with van der Waals surface area (Å²) in [6.45, 7) is 8.64. The molecule has 3 rings (SSSR count). The summed E-state index contributed by atoms with van der Waals surface area (Å²) in [5.74, 6) is 0.657. The fraction of sp³-hybridized carbons (Fsp3) is 0.375. The van der Waals surface area contributed by atoms with Crippen molar-refractivity contribution in [3.8, 4) is 0 Å². The molecule has 0 amide bonds. The van der Waals surface area contributed by atoms with E-state index < -0.39 is 0 Å². The summed E-state index contributed by atoms with van der Waals surface area (Å²) < 4.78 is 0. The van der Waals surface area contributed by atoms with E-state index in [1.807, 2.05) is 0 Å². The first-order chi connectivity index (χ1) is 9.61. The molecule has 2 heterocycles. The predicted octanol–water partition coefficient (Wildman–Crippen LogP) is 3.82. The van der Waals surface area contributed by atoms with E-state index in [4.69, 9.17) is 0 Å². The highest BCUT2D eigenvalue weighted by Gasteiger charge is 2.20. The molecular formula is C16H18N4. The van der Waals surface area contributed by atoms with Crippen LogP contribution >= 0.6 is 0 Å². The molecule has 4 heteroatoms. The van der Waals surface area contributed by atoms with E-state index in [1.54, 1.807) is 24.8 Å². The second-order valence-corrected chi connectivity index (χ2v) is 5.64. The third-order valence-electron chi connectivity index (χ3n) is 3.57. The molecule has 0 saturated carbocycles. The van der Waals surface area contributed by atoms with Crippen LogP contribution in [0.1, 0.15) is 50.7 Å². The van der Waals surface area contributed by atoms with Crippen molar-refractivity contribution < 1.29 is 0 Å². The Balaban J connectivity index is 2.62. The molecule has 2 aromatic heterocycles. The van der Waals surface area contributed by atoms with Gasteiger partial charge in [-0.15, -0.1) is 0 Å². The molecule has 0 spiro atoms. The van der Waals surface area contributed by atoms with Gasteiger partial charge in [-0.2, -0.15) is 0 Å². The number of benzene rings is 1. The Morgan fingerprint density at radius 2 is 0.800 bits per heavy atom. The van der Waals surface area contributed by atoms with Crippen LogP contribution in [-0.2, 0) is 0 Å². The van der Waals surface area contributed by atoms with Gasteiger partial charge in [-0.25, -0.2) is 0 Å². The van der Waals surface area contributed by atoms with E-state index >= 15 is 0 Å². The molecule has 3 aromatic rings. The SMILES string of the molecule is CC(C)c1c2nccnc2c(C(C)C)c2nccnc12. The number of fused-ring (bicyclic) bond motifs is 2. The number of hydrogen-bond donors (Lipinski definition) is 0. The minimum Gasteiger partial charge on any atom is -0.253 e. The molecule has 0 aliphatic heterocycles. The standard InChI is InChI=1S/C16H18N4/c1-9(2)11-13-15(19-7-5-17-13)12(10(3)4)16-14(11)18-6-8-20-16/h5-10H,1-4H3. The van der Waals surface area contributed by atoms with Crippen LogP contribution in [0.25, 0.3) is 22.1 Å². The summed E-state index contributed by atoms with van der Waals surface area (Å²) in [5, 5.41) is 0. The summed E-state index contributed by atoms with van der Waals surface area (Å²) in [4.78, 5) is 18.3. The monoisotopic (exact) mass is 266 g/mol. The lowest BCUT2D eigenvalue weighted by Crippen LogP contribution is -2.04. The Kier molecular flexibility index (Phi) is 3.08. The van der Waals surface area contributed by atoms with Gasteiger partial charge in [0, 0.05) is 35.9 Å². The van der Waals surface area contributed by atoms with E-state index in [0.717, 1.165) is 33.2 Å². The van der Waals surface area contributed by atoms with Crippen LogP contribution in [0.2, 0.25) is 0 Å². The molecule has 0 bridgehead atoms. The number of rotatable bonds is 2. The van der Waals surface area contributed by atoms with Crippen molar-refractivity contribution in [2.45, 2.75) is 39.5 Å². The Labute approximate surface area is 118 Å². The first kappa shape index (κ1) is 12.9. The summed E-state index contributed by atoms with van der Waals surface area (Å²) in [5.41, 5.74) is 6.11. The summed E-state index contributed by atoms with van der Waals surface area (Å²) in [7, 11) is 0. The minimum absolute atomic E-state index is 0.328. The number of nitrogens with zero attached hydrogens (tertiary/aromatic N) is 4. The first-order valence-corrected chi connectivity index (χ1v) is 6.98. The highest BCUT2D eigenvalue weighted by Crippen LogP contribution is 2.35. The van der Waals surface area contributed by atoms with Crippen LogP contribution in [-0.4, -0.2) is 19.9 Å². The topological polar surface area (TPSA) is 51.6 Å². The lowest BCUT2D eigenvalue weighted by atomic mass is 9.92. The second kappa shape index (κ2) is 4.78. The third kappa shape index (κ3) is 1.83. The van der Waals surface area contributed by atoms with Crippen molar-refractivity contribution in [2.75, 3.05) is 0 Å². The van der Waals surface area contributed by atoms with Crippen LogP contribution in [0.4, 0.5) is 0 Å². The Morgan fingerprint density at radius 1 is 0.550 bits per heavy atom. The molecule has 0 aliphatic carbocycles. The van der Waals surface area contributed by atoms with Crippen molar-refractivity contribution in [3.05, 3.63) is 35.9 Å². The van der Waals surface area contributed by atoms with Crippen molar-refractivity contribution in [3.63, 3.8) is 0 Å². The fourth-order valence-corrected chi connectivity index (χ4v) is 2.78. The van der Waals surface area contributed by atoms with Gasteiger partial charge in [0.2, 0.25) is 0 Å². The average Bonchev–Trinajstić information content (AvgIpc) is 2.43. The van der Waals surface area contributed by atoms with Crippen LogP contribution in [0, 0.1) is 0 Å². The maximum atomic E-state index is 4.57. The third-order valence-corrected chi connectivity index (χ3v) is 3.57.